The van der Waals surface area contributed by atoms with Crippen molar-refractivity contribution in [2.24, 2.45) is 0 Å². The highest BCUT2D eigenvalue weighted by Crippen LogP contribution is 2.47. The van der Waals surface area contributed by atoms with Crippen LogP contribution in [0.25, 0.3) is 129 Å². The van der Waals surface area contributed by atoms with Crippen LogP contribution in [0.2, 0.25) is 0 Å². The quantitative estimate of drug-likeness (QED) is 0.159. The third-order valence-electron chi connectivity index (χ3n) is 13.8. The van der Waals surface area contributed by atoms with Gasteiger partial charge in [-0.15, -0.1) is 0 Å². The Morgan fingerprint density at radius 3 is 1.71 bits per heavy atom. The van der Waals surface area contributed by atoms with Gasteiger partial charge in [0.25, 0.3) is 0 Å². The average Bonchev–Trinajstić information content (AvgIpc) is 4.10. The summed E-state index contributed by atoms with van der Waals surface area (Å²) in [4.78, 5) is 15.5. The van der Waals surface area contributed by atoms with Crippen molar-refractivity contribution in [1.82, 2.24) is 19.5 Å². The molecule has 0 atom stereocenters. The lowest BCUT2D eigenvalue weighted by atomic mass is 9.91. The van der Waals surface area contributed by atoms with Crippen molar-refractivity contribution in [3.8, 4) is 62.1 Å². The summed E-state index contributed by atoms with van der Waals surface area (Å²) in [6.07, 6.45) is 4.22. The molecule has 1 aliphatic rings. The molecule has 324 valence electrons. The largest absolute Gasteiger partial charge is 0.456 e. The van der Waals surface area contributed by atoms with Gasteiger partial charge in [-0.25, -0.2) is 15.0 Å². The minimum Gasteiger partial charge on any atom is -0.456 e. The zero-order valence-corrected chi connectivity index (χ0v) is 37.3. The first-order valence-corrected chi connectivity index (χ1v) is 23.5. The normalized spacial score (nSPS) is 12.6. The van der Waals surface area contributed by atoms with E-state index in [0.29, 0.717) is 17.5 Å². The van der Waals surface area contributed by atoms with Crippen molar-refractivity contribution in [2.75, 3.05) is 0 Å². The fourth-order valence-electron chi connectivity index (χ4n) is 10.5. The molecule has 1 aliphatic carbocycles. The van der Waals surface area contributed by atoms with Gasteiger partial charge in [-0.3, -0.25) is 0 Å². The van der Waals surface area contributed by atoms with Gasteiger partial charge in [0, 0.05) is 60.4 Å². The van der Waals surface area contributed by atoms with Crippen LogP contribution in [-0.2, 0) is 6.42 Å². The van der Waals surface area contributed by atoms with Crippen LogP contribution in [0.5, 0.6) is 0 Å². The van der Waals surface area contributed by atoms with Gasteiger partial charge in [0.1, 0.15) is 16.7 Å². The summed E-state index contributed by atoms with van der Waals surface area (Å²) >= 11 is 0. The molecule has 6 nitrogen and oxygen atoms in total. The van der Waals surface area contributed by atoms with Crippen molar-refractivity contribution >= 4 is 66.4 Å². The van der Waals surface area contributed by atoms with Gasteiger partial charge in [-0.2, -0.15) is 0 Å². The van der Waals surface area contributed by atoms with E-state index in [4.69, 9.17) is 23.8 Å². The maximum atomic E-state index is 7.44. The first-order valence-electron chi connectivity index (χ1n) is 23.5. The molecule has 4 aromatic heterocycles. The number of fused-ring (bicyclic) bond motifs is 9. The van der Waals surface area contributed by atoms with E-state index in [1.54, 1.807) is 0 Å². The van der Waals surface area contributed by atoms with Crippen LogP contribution in [0.4, 0.5) is 0 Å². The lowest BCUT2D eigenvalue weighted by molar-refractivity contribution is 0.665. The number of rotatable bonds is 7. The van der Waals surface area contributed by atoms with Gasteiger partial charge >= 0.3 is 0 Å². The molecule has 0 saturated heterocycles. The van der Waals surface area contributed by atoms with Crippen LogP contribution in [0.1, 0.15) is 23.2 Å². The first kappa shape index (κ1) is 39.1. The SMILES string of the molecule is C1=C(c2ccccc2)CCc2c1c1cc(-c3ccccc3)ccc1n2-c1cccc2c1oc1c(-c3ccc4c(c3)oc3ccccc34)c(-c3nc(-c4ccccc4)nc(-c4ccccc4)n3)ccc12. The van der Waals surface area contributed by atoms with Crippen LogP contribution >= 0.6 is 0 Å². The Labute approximate surface area is 397 Å². The molecule has 0 bridgehead atoms. The van der Waals surface area contributed by atoms with E-state index in [9.17, 15) is 0 Å². The van der Waals surface area contributed by atoms with Crippen LogP contribution in [-0.4, -0.2) is 19.5 Å². The highest BCUT2D eigenvalue weighted by atomic mass is 16.3. The summed E-state index contributed by atoms with van der Waals surface area (Å²) in [5, 5.41) is 5.37. The molecule has 13 aromatic rings. The summed E-state index contributed by atoms with van der Waals surface area (Å²) in [5.41, 5.74) is 17.3. The van der Waals surface area contributed by atoms with E-state index < -0.39 is 0 Å². The minimum absolute atomic E-state index is 0.547. The number of furan rings is 2. The molecule has 6 heteroatoms. The molecule has 0 saturated carbocycles. The second kappa shape index (κ2) is 15.8. The molecule has 0 fully saturated rings. The molecule has 69 heavy (non-hydrogen) atoms. The number of hydrogen-bond donors (Lipinski definition) is 0. The van der Waals surface area contributed by atoms with E-state index in [1.807, 2.05) is 72.8 Å². The van der Waals surface area contributed by atoms with Crippen LogP contribution < -0.4 is 0 Å². The maximum absolute atomic E-state index is 7.44. The summed E-state index contributed by atoms with van der Waals surface area (Å²) in [6.45, 7) is 0. The van der Waals surface area contributed by atoms with Gasteiger partial charge in [0.15, 0.2) is 23.1 Å². The molecule has 0 aliphatic heterocycles. The van der Waals surface area contributed by atoms with E-state index in [1.165, 1.54) is 38.9 Å². The van der Waals surface area contributed by atoms with Gasteiger partial charge in [-0.05, 0) is 95.3 Å². The number of nitrogens with zero attached hydrogens (tertiary/aromatic N) is 4. The average molecular weight is 885 g/mol. The number of aromatic nitrogens is 4. The second-order valence-corrected chi connectivity index (χ2v) is 17.8. The Morgan fingerprint density at radius 1 is 0.377 bits per heavy atom. The molecule has 0 spiro atoms. The van der Waals surface area contributed by atoms with Crippen LogP contribution in [0.15, 0.2) is 221 Å². The Bertz CT molecular complexity index is 4110. The molecule has 0 unspecified atom stereocenters. The van der Waals surface area contributed by atoms with E-state index in [2.05, 4.69) is 150 Å². The molecule has 4 heterocycles. The Morgan fingerprint density at radius 2 is 0.971 bits per heavy atom. The number of allylic oxidation sites excluding steroid dienone is 1. The monoisotopic (exact) mass is 884 g/mol. The molecule has 0 N–H and O–H groups in total. The van der Waals surface area contributed by atoms with Gasteiger partial charge in [0.05, 0.1) is 11.2 Å². The number of benzene rings is 9. The molecular weight excluding hydrogens is 845 g/mol. The standard InChI is InChI=1S/C63H40N4O2/c1-5-16-39(17-6-1)43-29-34-53-51(36-43)52-37-44(40-18-7-2-8-19-40)30-35-54(52)67(53)55-26-15-25-48-49-32-33-50(63-65-61(41-20-9-3-10-21-41)64-62(66-63)42-22-11-4-12-23-42)58(60(49)69-59(48)55)45-28-31-47-46-24-13-14-27-56(46)68-57(47)38-45/h1-29,31-34,36-38H,30,35H2. The smallest absolute Gasteiger partial charge is 0.164 e. The zero-order chi connectivity index (χ0) is 45.4. The van der Waals surface area contributed by atoms with Crippen molar-refractivity contribution in [1.29, 1.82) is 0 Å². The van der Waals surface area contributed by atoms with Crippen molar-refractivity contribution < 1.29 is 8.83 Å². The van der Waals surface area contributed by atoms with Gasteiger partial charge in [-0.1, -0.05) is 164 Å². The number of para-hydroxylation sites is 2. The maximum Gasteiger partial charge on any atom is 0.164 e. The van der Waals surface area contributed by atoms with Crippen LogP contribution in [0.3, 0.4) is 0 Å². The zero-order valence-electron chi connectivity index (χ0n) is 37.3. The van der Waals surface area contributed by atoms with Gasteiger partial charge in [0.2, 0.25) is 0 Å². The fraction of sp³-hybridized carbons (Fsp3) is 0.0317. The fourth-order valence-corrected chi connectivity index (χ4v) is 10.5. The Hall–Kier alpha value is -9.13. The second-order valence-electron chi connectivity index (χ2n) is 17.8. The predicted molar refractivity (Wildman–Crippen MR) is 281 cm³/mol. The lowest BCUT2D eigenvalue weighted by Crippen LogP contribution is -2.05. The minimum atomic E-state index is 0.547. The summed E-state index contributed by atoms with van der Waals surface area (Å²) in [6, 6.07) is 74.1. The molecule has 14 rings (SSSR count). The highest BCUT2D eigenvalue weighted by molar-refractivity contribution is 6.15. The van der Waals surface area contributed by atoms with Crippen molar-refractivity contribution in [3.05, 3.63) is 229 Å². The molecular formula is C63H40N4O2. The third-order valence-corrected chi connectivity index (χ3v) is 13.8. The molecule has 0 amide bonds. The lowest BCUT2D eigenvalue weighted by Gasteiger charge is -2.18. The first-order chi connectivity index (χ1) is 34.2. The summed E-state index contributed by atoms with van der Waals surface area (Å²) < 4.78 is 16.4. The Balaban J connectivity index is 1.04. The Kier molecular flexibility index (Phi) is 8.92. The van der Waals surface area contributed by atoms with Gasteiger partial charge < -0.3 is 13.4 Å². The highest BCUT2D eigenvalue weighted by Gasteiger charge is 2.27. The van der Waals surface area contributed by atoms with Crippen molar-refractivity contribution in [3.63, 3.8) is 0 Å². The molecule has 0 radical (unpaired) electrons. The van der Waals surface area contributed by atoms with E-state index >= 15 is 0 Å². The number of hydrogen-bond acceptors (Lipinski definition) is 5. The summed E-state index contributed by atoms with van der Waals surface area (Å²) in [5.74, 6) is 1.73. The van der Waals surface area contributed by atoms with E-state index in [0.717, 1.165) is 95.7 Å². The predicted octanol–water partition coefficient (Wildman–Crippen LogP) is 16.4. The van der Waals surface area contributed by atoms with Crippen LogP contribution in [0, 0.1) is 0 Å². The molecule has 9 aromatic carbocycles. The van der Waals surface area contributed by atoms with E-state index in [-0.39, 0.29) is 0 Å². The topological polar surface area (TPSA) is 69.9 Å². The summed E-state index contributed by atoms with van der Waals surface area (Å²) in [7, 11) is 0. The third kappa shape index (κ3) is 6.45. The van der Waals surface area contributed by atoms with Crippen molar-refractivity contribution in [2.45, 2.75) is 12.8 Å².